The monoisotopic (exact) mass is 412 g/mol. The number of fused-ring (bicyclic) bond motifs is 1. The lowest BCUT2D eigenvalue weighted by atomic mass is 10.2. The van der Waals surface area contributed by atoms with Crippen LogP contribution in [0.15, 0.2) is 35.2 Å². The molecule has 1 aliphatic heterocycles. The van der Waals surface area contributed by atoms with Crippen LogP contribution in [0.2, 0.25) is 0 Å². The van der Waals surface area contributed by atoms with E-state index in [1.54, 1.807) is 38.1 Å². The van der Waals surface area contributed by atoms with Crippen LogP contribution in [-0.2, 0) is 4.79 Å². The van der Waals surface area contributed by atoms with E-state index in [0.717, 1.165) is 4.90 Å². The highest BCUT2D eigenvalue weighted by Gasteiger charge is 2.17. The molecule has 9 heteroatoms. The second-order valence-electron chi connectivity index (χ2n) is 5.46. The van der Waals surface area contributed by atoms with Crippen LogP contribution in [0.25, 0.3) is 0 Å². The van der Waals surface area contributed by atoms with Crippen LogP contribution in [0.3, 0.4) is 0 Å². The van der Waals surface area contributed by atoms with Gasteiger partial charge in [0, 0.05) is 29.2 Å². The number of hydrogen-bond donors (Lipinski definition) is 2. The van der Waals surface area contributed by atoms with E-state index in [0.29, 0.717) is 46.5 Å². The Balaban J connectivity index is 0.00000261. The van der Waals surface area contributed by atoms with Crippen molar-refractivity contribution < 1.29 is 23.7 Å². The second-order valence-corrected chi connectivity index (χ2v) is 6.62. The van der Waals surface area contributed by atoms with Crippen LogP contribution in [-0.4, -0.2) is 32.7 Å². The fourth-order valence-electron chi connectivity index (χ4n) is 2.45. The molecule has 146 valence electrons. The van der Waals surface area contributed by atoms with Gasteiger partial charge in [0.05, 0.1) is 25.6 Å². The Morgan fingerprint density at radius 2 is 1.85 bits per heavy atom. The van der Waals surface area contributed by atoms with Gasteiger partial charge in [-0.15, -0.1) is 24.2 Å². The highest BCUT2D eigenvalue weighted by atomic mass is 35.5. The summed E-state index contributed by atoms with van der Waals surface area (Å²) in [6, 6.07) is 8.99. The Kier molecular flexibility index (Phi) is 7.32. The van der Waals surface area contributed by atoms with Gasteiger partial charge in [-0.05, 0) is 18.2 Å². The summed E-state index contributed by atoms with van der Waals surface area (Å²) in [6.45, 7) is 0.161. The van der Waals surface area contributed by atoms with Crippen molar-refractivity contribution in [2.24, 2.45) is 0 Å². The quantitative estimate of drug-likeness (QED) is 0.530. The third kappa shape index (κ3) is 5.05. The van der Waals surface area contributed by atoms with Crippen LogP contribution >= 0.6 is 24.2 Å². The zero-order valence-electron chi connectivity index (χ0n) is 14.9. The number of amides is 1. The van der Waals surface area contributed by atoms with Crippen molar-refractivity contribution in [1.82, 2.24) is 0 Å². The second kappa shape index (κ2) is 9.48. The summed E-state index contributed by atoms with van der Waals surface area (Å²) in [6.07, 6.45) is 0.340. The summed E-state index contributed by atoms with van der Waals surface area (Å²) in [4.78, 5) is 13.2. The van der Waals surface area contributed by atoms with E-state index in [2.05, 4.69) is 5.32 Å². The molecule has 0 aromatic heterocycles. The van der Waals surface area contributed by atoms with Crippen LogP contribution in [0, 0.1) is 0 Å². The third-order valence-corrected chi connectivity index (χ3v) is 4.77. The Hall–Kier alpha value is -2.45. The minimum Gasteiger partial charge on any atom is -0.493 e. The minimum absolute atomic E-state index is 0. The predicted molar refractivity (Wildman–Crippen MR) is 108 cm³/mol. The number of nitrogens with one attached hydrogen (secondary N) is 1. The van der Waals surface area contributed by atoms with Crippen LogP contribution < -0.4 is 30.0 Å². The molecule has 0 fully saturated rings. The standard InChI is InChI=1S/C18H20N2O5S.ClH/c1-22-14-4-3-11(7-15(14)23-2)26-6-5-18(21)20-13-9-17-16(8-12(13)19)24-10-25-17;/h3-4,7-9H,5-6,10,19H2,1-2H3,(H,20,21);1H. The molecule has 27 heavy (non-hydrogen) atoms. The van der Waals surface area contributed by atoms with Crippen molar-refractivity contribution >= 4 is 41.5 Å². The maximum Gasteiger partial charge on any atom is 0.231 e. The minimum atomic E-state index is -0.122. The summed E-state index contributed by atoms with van der Waals surface area (Å²) in [5, 5.41) is 2.81. The number of benzene rings is 2. The summed E-state index contributed by atoms with van der Waals surface area (Å²) in [7, 11) is 3.19. The van der Waals surface area contributed by atoms with Gasteiger partial charge < -0.3 is 30.0 Å². The molecule has 0 atom stereocenters. The number of nitrogens with two attached hydrogens (primary N) is 1. The zero-order chi connectivity index (χ0) is 18.5. The van der Waals surface area contributed by atoms with Gasteiger partial charge >= 0.3 is 0 Å². The van der Waals surface area contributed by atoms with Crippen molar-refractivity contribution in [1.29, 1.82) is 0 Å². The largest absolute Gasteiger partial charge is 0.493 e. The Bertz CT molecular complexity index is 819. The van der Waals surface area contributed by atoms with Crippen molar-refractivity contribution in [3.63, 3.8) is 0 Å². The van der Waals surface area contributed by atoms with Crippen molar-refractivity contribution in [3.8, 4) is 23.0 Å². The van der Waals surface area contributed by atoms with E-state index in [4.69, 9.17) is 24.7 Å². The van der Waals surface area contributed by atoms with Gasteiger partial charge in [-0.2, -0.15) is 0 Å². The van der Waals surface area contributed by atoms with Crippen LogP contribution in [0.1, 0.15) is 6.42 Å². The van der Waals surface area contributed by atoms with Crippen LogP contribution in [0.4, 0.5) is 11.4 Å². The maximum absolute atomic E-state index is 12.2. The molecule has 3 N–H and O–H groups in total. The number of hydrogen-bond acceptors (Lipinski definition) is 7. The first-order chi connectivity index (χ1) is 12.6. The molecule has 0 spiro atoms. The number of ether oxygens (including phenoxy) is 4. The van der Waals surface area contributed by atoms with Gasteiger partial charge in [-0.3, -0.25) is 4.79 Å². The lowest BCUT2D eigenvalue weighted by Crippen LogP contribution is -2.13. The molecule has 2 aromatic rings. The first kappa shape index (κ1) is 20.9. The van der Waals surface area contributed by atoms with E-state index >= 15 is 0 Å². The smallest absolute Gasteiger partial charge is 0.231 e. The van der Waals surface area contributed by atoms with Gasteiger partial charge in [-0.25, -0.2) is 0 Å². The summed E-state index contributed by atoms with van der Waals surface area (Å²) >= 11 is 1.56. The summed E-state index contributed by atoms with van der Waals surface area (Å²) in [5.41, 5.74) is 6.90. The maximum atomic E-state index is 12.2. The van der Waals surface area contributed by atoms with E-state index in [9.17, 15) is 4.79 Å². The average Bonchev–Trinajstić information content (AvgIpc) is 3.08. The number of methoxy groups -OCH3 is 2. The van der Waals surface area contributed by atoms with Gasteiger partial charge in [-0.1, -0.05) is 0 Å². The Morgan fingerprint density at radius 1 is 1.15 bits per heavy atom. The predicted octanol–water partition coefficient (Wildman–Crippen LogP) is 3.56. The number of carbonyl (C=O) groups excluding carboxylic acids is 1. The Labute approximate surface area is 167 Å². The molecule has 0 unspecified atom stereocenters. The molecule has 1 aliphatic rings. The summed E-state index contributed by atoms with van der Waals surface area (Å²) < 4.78 is 21.0. The SMILES string of the molecule is COc1ccc(SCCC(=O)Nc2cc3c(cc2N)OCO3)cc1OC.Cl. The number of anilines is 2. The van der Waals surface area contributed by atoms with Gasteiger partial charge in [0.15, 0.2) is 23.0 Å². The van der Waals surface area contributed by atoms with Crippen molar-refractivity contribution in [2.45, 2.75) is 11.3 Å². The molecule has 0 radical (unpaired) electrons. The Morgan fingerprint density at radius 3 is 2.56 bits per heavy atom. The van der Waals surface area contributed by atoms with E-state index in [-0.39, 0.29) is 25.1 Å². The number of thioether (sulfide) groups is 1. The number of halogens is 1. The zero-order valence-corrected chi connectivity index (χ0v) is 16.6. The molecular formula is C18H21ClN2O5S. The van der Waals surface area contributed by atoms with Gasteiger partial charge in [0.25, 0.3) is 0 Å². The normalized spacial score (nSPS) is 11.5. The summed E-state index contributed by atoms with van der Waals surface area (Å²) in [5.74, 6) is 3.00. The molecule has 0 saturated heterocycles. The molecular weight excluding hydrogens is 392 g/mol. The molecule has 1 heterocycles. The fourth-order valence-corrected chi connectivity index (χ4v) is 3.32. The highest BCUT2D eigenvalue weighted by Crippen LogP contribution is 2.38. The first-order valence-electron chi connectivity index (χ1n) is 7.94. The molecule has 7 nitrogen and oxygen atoms in total. The molecule has 1 amide bonds. The van der Waals surface area contributed by atoms with E-state index < -0.39 is 0 Å². The van der Waals surface area contributed by atoms with E-state index in [1.165, 1.54) is 0 Å². The third-order valence-electron chi connectivity index (χ3n) is 3.77. The van der Waals surface area contributed by atoms with Gasteiger partial charge in [0.2, 0.25) is 12.7 Å². The highest BCUT2D eigenvalue weighted by molar-refractivity contribution is 7.99. The van der Waals surface area contributed by atoms with Crippen molar-refractivity contribution in [2.75, 3.05) is 37.8 Å². The molecule has 3 rings (SSSR count). The van der Waals surface area contributed by atoms with Crippen LogP contribution in [0.5, 0.6) is 23.0 Å². The number of rotatable bonds is 7. The molecule has 2 aromatic carbocycles. The average molecular weight is 413 g/mol. The number of carbonyl (C=O) groups is 1. The lowest BCUT2D eigenvalue weighted by Gasteiger charge is -2.10. The molecule has 0 saturated carbocycles. The molecule has 0 bridgehead atoms. The molecule has 0 aliphatic carbocycles. The number of nitrogen functional groups attached to an aromatic ring is 1. The van der Waals surface area contributed by atoms with E-state index in [1.807, 2.05) is 18.2 Å². The van der Waals surface area contributed by atoms with Crippen molar-refractivity contribution in [3.05, 3.63) is 30.3 Å². The van der Waals surface area contributed by atoms with Gasteiger partial charge in [0.1, 0.15) is 0 Å². The first-order valence-corrected chi connectivity index (χ1v) is 8.93. The lowest BCUT2D eigenvalue weighted by molar-refractivity contribution is -0.115. The fraction of sp³-hybridized carbons (Fsp3) is 0.278. The topological polar surface area (TPSA) is 92.0 Å².